The minimum absolute atomic E-state index is 0.161. The van der Waals surface area contributed by atoms with Gasteiger partial charge in [0.15, 0.2) is 0 Å². The minimum Gasteiger partial charge on any atom is -0.467 e. The molecule has 1 heterocycles. The normalized spacial score (nSPS) is 18.3. The second-order valence-corrected chi connectivity index (χ2v) is 5.28. The van der Waals surface area contributed by atoms with Crippen molar-refractivity contribution in [2.75, 3.05) is 0 Å². The summed E-state index contributed by atoms with van der Waals surface area (Å²) in [6, 6.07) is 4.08. The van der Waals surface area contributed by atoms with Gasteiger partial charge in [-0.05, 0) is 38.8 Å². The molecule has 1 aromatic rings. The summed E-state index contributed by atoms with van der Waals surface area (Å²) in [4.78, 5) is 0. The zero-order chi connectivity index (χ0) is 13.2. The molecule has 2 nitrogen and oxygen atoms in total. The third kappa shape index (κ3) is 2.38. The summed E-state index contributed by atoms with van der Waals surface area (Å²) in [5, 5.41) is 0. The molecule has 0 aromatic carbocycles. The molecule has 0 spiro atoms. The van der Waals surface area contributed by atoms with Crippen LogP contribution in [-0.2, 0) is 10.2 Å². The Hall–Kier alpha value is -1.44. The van der Waals surface area contributed by atoms with Crippen LogP contribution in [0.15, 0.2) is 41.2 Å². The summed E-state index contributed by atoms with van der Waals surface area (Å²) >= 11 is 0. The van der Waals surface area contributed by atoms with Gasteiger partial charge in [-0.3, -0.25) is 0 Å². The molecular weight excluding hydrogens is 224 g/mol. The van der Waals surface area contributed by atoms with Crippen molar-refractivity contribution < 1.29 is 9.15 Å². The summed E-state index contributed by atoms with van der Waals surface area (Å²) in [5.41, 5.74) is -0.161. The van der Waals surface area contributed by atoms with E-state index in [1.54, 1.807) is 0 Å². The molecule has 0 amide bonds. The lowest BCUT2D eigenvalue weighted by Crippen LogP contribution is -2.31. The van der Waals surface area contributed by atoms with Crippen molar-refractivity contribution in [2.45, 2.75) is 51.4 Å². The predicted octanol–water partition coefficient (Wildman–Crippen LogP) is 4.85. The molecule has 0 unspecified atom stereocenters. The Morgan fingerprint density at radius 2 is 1.89 bits per heavy atom. The number of rotatable bonds is 4. The maximum atomic E-state index is 5.86. The van der Waals surface area contributed by atoms with Crippen molar-refractivity contribution in [3.8, 4) is 0 Å². The highest BCUT2D eigenvalue weighted by Crippen LogP contribution is 2.45. The SMILES string of the molecule is C=C(C)OC(=C)C1(c2ccc(C)o2)CCCCC1. The van der Waals surface area contributed by atoms with Gasteiger partial charge in [0.2, 0.25) is 0 Å². The molecule has 1 aliphatic rings. The van der Waals surface area contributed by atoms with Crippen LogP contribution >= 0.6 is 0 Å². The smallest absolute Gasteiger partial charge is 0.117 e. The zero-order valence-electron chi connectivity index (χ0n) is 11.4. The number of aryl methyl sites for hydroxylation is 1. The first-order chi connectivity index (χ1) is 8.54. The van der Waals surface area contributed by atoms with Crippen molar-refractivity contribution in [1.29, 1.82) is 0 Å². The predicted molar refractivity (Wildman–Crippen MR) is 73.2 cm³/mol. The third-order valence-electron chi connectivity index (χ3n) is 3.75. The molecule has 1 aromatic heterocycles. The van der Waals surface area contributed by atoms with Gasteiger partial charge in [0, 0.05) is 0 Å². The molecule has 2 heteroatoms. The van der Waals surface area contributed by atoms with Gasteiger partial charge in [-0.2, -0.15) is 0 Å². The quantitative estimate of drug-likeness (QED) is 0.708. The second-order valence-electron chi connectivity index (χ2n) is 5.28. The lowest BCUT2D eigenvalue weighted by molar-refractivity contribution is 0.173. The van der Waals surface area contributed by atoms with Crippen molar-refractivity contribution in [1.82, 2.24) is 0 Å². The Kier molecular flexibility index (Phi) is 3.65. The van der Waals surface area contributed by atoms with Gasteiger partial charge in [-0.25, -0.2) is 0 Å². The highest BCUT2D eigenvalue weighted by molar-refractivity contribution is 5.28. The van der Waals surface area contributed by atoms with Crippen molar-refractivity contribution in [2.24, 2.45) is 0 Å². The number of furan rings is 1. The van der Waals surface area contributed by atoms with Crippen LogP contribution in [0.1, 0.15) is 50.5 Å². The molecule has 1 aliphatic carbocycles. The fourth-order valence-electron chi connectivity index (χ4n) is 2.82. The highest BCUT2D eigenvalue weighted by atomic mass is 16.5. The van der Waals surface area contributed by atoms with Crippen LogP contribution in [0.25, 0.3) is 0 Å². The molecule has 0 N–H and O–H groups in total. The van der Waals surface area contributed by atoms with E-state index in [1.165, 1.54) is 19.3 Å². The average molecular weight is 246 g/mol. The van der Waals surface area contributed by atoms with Crippen LogP contribution in [0.3, 0.4) is 0 Å². The van der Waals surface area contributed by atoms with E-state index < -0.39 is 0 Å². The van der Waals surface area contributed by atoms with E-state index >= 15 is 0 Å². The van der Waals surface area contributed by atoms with Crippen LogP contribution in [0.4, 0.5) is 0 Å². The number of hydrogen-bond donors (Lipinski definition) is 0. The van der Waals surface area contributed by atoms with Crippen LogP contribution in [0.5, 0.6) is 0 Å². The van der Waals surface area contributed by atoms with E-state index in [4.69, 9.17) is 9.15 Å². The summed E-state index contributed by atoms with van der Waals surface area (Å²) in [6.45, 7) is 11.8. The van der Waals surface area contributed by atoms with Gasteiger partial charge in [0.05, 0.1) is 11.2 Å². The molecule has 0 radical (unpaired) electrons. The Morgan fingerprint density at radius 3 is 2.39 bits per heavy atom. The third-order valence-corrected chi connectivity index (χ3v) is 3.75. The summed E-state index contributed by atoms with van der Waals surface area (Å²) in [5.74, 6) is 3.40. The summed E-state index contributed by atoms with van der Waals surface area (Å²) in [7, 11) is 0. The van der Waals surface area contributed by atoms with E-state index in [0.29, 0.717) is 5.76 Å². The zero-order valence-corrected chi connectivity index (χ0v) is 11.4. The lowest BCUT2D eigenvalue weighted by Gasteiger charge is -2.36. The fourth-order valence-corrected chi connectivity index (χ4v) is 2.82. The first kappa shape index (κ1) is 13.0. The number of allylic oxidation sites excluding steroid dienone is 2. The first-order valence-electron chi connectivity index (χ1n) is 6.64. The Labute approximate surface area is 109 Å². The fraction of sp³-hybridized carbons (Fsp3) is 0.500. The van der Waals surface area contributed by atoms with Gasteiger partial charge in [-0.15, -0.1) is 0 Å². The summed E-state index contributed by atoms with van der Waals surface area (Å²) < 4.78 is 11.6. The van der Waals surface area contributed by atoms with E-state index in [0.717, 1.165) is 30.1 Å². The molecule has 0 aliphatic heterocycles. The van der Waals surface area contributed by atoms with E-state index in [2.05, 4.69) is 19.2 Å². The van der Waals surface area contributed by atoms with Crippen LogP contribution in [0, 0.1) is 6.92 Å². The molecule has 1 saturated carbocycles. The maximum Gasteiger partial charge on any atom is 0.117 e. The largest absolute Gasteiger partial charge is 0.467 e. The highest BCUT2D eigenvalue weighted by Gasteiger charge is 2.41. The molecule has 0 bridgehead atoms. The molecular formula is C16H22O2. The van der Waals surface area contributed by atoms with Crippen molar-refractivity contribution in [3.05, 3.63) is 48.3 Å². The van der Waals surface area contributed by atoms with Crippen LogP contribution in [-0.4, -0.2) is 0 Å². The van der Waals surface area contributed by atoms with Gasteiger partial charge in [0.1, 0.15) is 17.3 Å². The van der Waals surface area contributed by atoms with Gasteiger partial charge in [-0.1, -0.05) is 32.4 Å². The first-order valence-corrected chi connectivity index (χ1v) is 6.64. The van der Waals surface area contributed by atoms with Gasteiger partial charge < -0.3 is 9.15 Å². The van der Waals surface area contributed by atoms with Crippen LogP contribution in [0.2, 0.25) is 0 Å². The Bertz CT molecular complexity index is 447. The lowest BCUT2D eigenvalue weighted by atomic mass is 9.71. The van der Waals surface area contributed by atoms with Gasteiger partial charge >= 0.3 is 0 Å². The molecule has 98 valence electrons. The van der Waals surface area contributed by atoms with Crippen molar-refractivity contribution in [3.63, 3.8) is 0 Å². The van der Waals surface area contributed by atoms with Crippen molar-refractivity contribution >= 4 is 0 Å². The topological polar surface area (TPSA) is 22.4 Å². The van der Waals surface area contributed by atoms with Gasteiger partial charge in [0.25, 0.3) is 0 Å². The van der Waals surface area contributed by atoms with Crippen LogP contribution < -0.4 is 0 Å². The summed E-state index contributed by atoms with van der Waals surface area (Å²) in [6.07, 6.45) is 5.76. The molecule has 18 heavy (non-hydrogen) atoms. The van der Waals surface area contributed by atoms with E-state index in [9.17, 15) is 0 Å². The number of hydrogen-bond acceptors (Lipinski definition) is 2. The van der Waals surface area contributed by atoms with E-state index in [1.807, 2.05) is 19.9 Å². The average Bonchev–Trinajstić information content (AvgIpc) is 2.76. The maximum absolute atomic E-state index is 5.86. The molecule has 2 rings (SSSR count). The second kappa shape index (κ2) is 5.05. The Morgan fingerprint density at radius 1 is 1.22 bits per heavy atom. The van der Waals surface area contributed by atoms with E-state index in [-0.39, 0.29) is 5.41 Å². The number of ether oxygens (including phenoxy) is 1. The standard InChI is InChI=1S/C16H22O2/c1-12(2)17-14(4)16(10-6-5-7-11-16)15-9-8-13(3)18-15/h8-9H,1,4-7,10-11H2,2-3H3. The monoisotopic (exact) mass is 246 g/mol. The Balaban J connectivity index is 2.33. The molecule has 1 fully saturated rings. The minimum atomic E-state index is -0.161. The molecule has 0 atom stereocenters. The molecule has 0 saturated heterocycles.